The van der Waals surface area contributed by atoms with E-state index in [0.717, 1.165) is 42.1 Å². The summed E-state index contributed by atoms with van der Waals surface area (Å²) < 4.78 is 7.31. The molecule has 0 aliphatic carbocycles. The van der Waals surface area contributed by atoms with Crippen LogP contribution in [-0.4, -0.2) is 45.1 Å². The van der Waals surface area contributed by atoms with Gasteiger partial charge in [-0.15, -0.1) is 0 Å². The van der Waals surface area contributed by atoms with Crippen LogP contribution in [0.1, 0.15) is 34.7 Å². The van der Waals surface area contributed by atoms with E-state index in [1.165, 1.54) is 0 Å². The number of aromatic nitrogens is 4. The molecule has 2 N–H and O–H groups in total. The van der Waals surface area contributed by atoms with Crippen LogP contribution in [0.5, 0.6) is 0 Å². The van der Waals surface area contributed by atoms with Gasteiger partial charge in [0.25, 0.3) is 5.91 Å². The van der Waals surface area contributed by atoms with Gasteiger partial charge in [-0.2, -0.15) is 10.2 Å². The number of nitrogens with one attached hydrogen (secondary N) is 2. The summed E-state index contributed by atoms with van der Waals surface area (Å²) in [6.07, 6.45) is 2.20. The molecule has 0 bridgehead atoms. The van der Waals surface area contributed by atoms with Gasteiger partial charge in [0.1, 0.15) is 5.69 Å². The van der Waals surface area contributed by atoms with Crippen molar-refractivity contribution in [1.82, 2.24) is 25.3 Å². The number of rotatable bonds is 4. The summed E-state index contributed by atoms with van der Waals surface area (Å²) in [5.74, 6) is -0.159. The third kappa shape index (κ3) is 2.76. The quantitative estimate of drug-likeness (QED) is 0.892. The summed E-state index contributed by atoms with van der Waals surface area (Å²) in [7, 11) is 1.90. The Bertz CT molecular complexity index is 682. The number of aryl methyl sites for hydroxylation is 2. The van der Waals surface area contributed by atoms with Crippen LogP contribution in [0.4, 0.5) is 0 Å². The van der Waals surface area contributed by atoms with Gasteiger partial charge in [-0.1, -0.05) is 0 Å². The Hall–Kier alpha value is -2.15. The van der Waals surface area contributed by atoms with E-state index in [0.29, 0.717) is 12.2 Å². The maximum atomic E-state index is 12.2. The molecule has 3 heterocycles. The maximum absolute atomic E-state index is 12.2. The topological polar surface area (TPSA) is 84.8 Å². The number of amides is 1. The first-order valence-electron chi connectivity index (χ1n) is 7.52. The molecule has 118 valence electrons. The third-order valence-electron chi connectivity index (χ3n) is 4.10. The van der Waals surface area contributed by atoms with Gasteiger partial charge < -0.3 is 10.1 Å². The van der Waals surface area contributed by atoms with E-state index in [2.05, 4.69) is 20.6 Å². The van der Waals surface area contributed by atoms with Crippen LogP contribution < -0.4 is 5.32 Å². The first-order valence-corrected chi connectivity index (χ1v) is 7.52. The van der Waals surface area contributed by atoms with Crippen molar-refractivity contribution in [3.8, 4) is 11.3 Å². The second-order valence-electron chi connectivity index (χ2n) is 5.68. The highest BCUT2D eigenvalue weighted by atomic mass is 16.5. The van der Waals surface area contributed by atoms with Crippen LogP contribution >= 0.6 is 0 Å². The maximum Gasteiger partial charge on any atom is 0.269 e. The summed E-state index contributed by atoms with van der Waals surface area (Å²) in [6, 6.07) is 1.77. The second kappa shape index (κ2) is 5.92. The van der Waals surface area contributed by atoms with Crippen LogP contribution in [0.15, 0.2) is 6.07 Å². The largest absolute Gasteiger partial charge is 0.376 e. The Morgan fingerprint density at radius 2 is 2.36 bits per heavy atom. The summed E-state index contributed by atoms with van der Waals surface area (Å²) >= 11 is 0. The van der Waals surface area contributed by atoms with Crippen LogP contribution in [0.3, 0.4) is 0 Å². The third-order valence-corrected chi connectivity index (χ3v) is 4.10. The average molecular weight is 303 g/mol. The van der Waals surface area contributed by atoms with E-state index >= 15 is 0 Å². The summed E-state index contributed by atoms with van der Waals surface area (Å²) in [6.45, 7) is 5.25. The number of carbonyl (C=O) groups excluding carboxylic acids is 1. The van der Waals surface area contributed by atoms with Crippen molar-refractivity contribution in [2.45, 2.75) is 32.8 Å². The van der Waals surface area contributed by atoms with E-state index in [-0.39, 0.29) is 12.0 Å². The van der Waals surface area contributed by atoms with E-state index in [1.54, 1.807) is 6.07 Å². The van der Waals surface area contributed by atoms with Crippen molar-refractivity contribution in [3.63, 3.8) is 0 Å². The smallest absolute Gasteiger partial charge is 0.269 e. The molecule has 1 saturated heterocycles. The van der Waals surface area contributed by atoms with E-state index < -0.39 is 0 Å². The molecule has 1 amide bonds. The Kier molecular flexibility index (Phi) is 3.98. The molecule has 3 rings (SSSR count). The van der Waals surface area contributed by atoms with Crippen molar-refractivity contribution in [2.24, 2.45) is 7.05 Å². The zero-order chi connectivity index (χ0) is 15.7. The fourth-order valence-electron chi connectivity index (χ4n) is 2.82. The zero-order valence-electron chi connectivity index (χ0n) is 13.1. The minimum Gasteiger partial charge on any atom is -0.376 e. The van der Waals surface area contributed by atoms with Gasteiger partial charge in [0.15, 0.2) is 0 Å². The fraction of sp³-hybridized carbons (Fsp3) is 0.533. The lowest BCUT2D eigenvalue weighted by molar-refractivity contribution is 0.0853. The monoisotopic (exact) mass is 303 g/mol. The normalized spacial score (nSPS) is 17.9. The van der Waals surface area contributed by atoms with Gasteiger partial charge in [0.2, 0.25) is 0 Å². The molecular formula is C15H21N5O2. The highest BCUT2D eigenvalue weighted by molar-refractivity contribution is 5.93. The minimum absolute atomic E-state index is 0.133. The van der Waals surface area contributed by atoms with Crippen molar-refractivity contribution < 1.29 is 9.53 Å². The van der Waals surface area contributed by atoms with Crippen LogP contribution in [0, 0.1) is 13.8 Å². The predicted molar refractivity (Wildman–Crippen MR) is 81.6 cm³/mol. The average Bonchev–Trinajstić information content (AvgIpc) is 3.19. The van der Waals surface area contributed by atoms with Gasteiger partial charge in [0.05, 0.1) is 17.5 Å². The molecule has 2 aromatic rings. The number of H-pyrrole nitrogens is 1. The van der Waals surface area contributed by atoms with Crippen LogP contribution in [0.25, 0.3) is 11.3 Å². The molecule has 0 saturated carbocycles. The molecule has 0 aromatic carbocycles. The Balaban J connectivity index is 1.71. The Labute approximate surface area is 129 Å². The van der Waals surface area contributed by atoms with E-state index in [1.807, 2.05) is 25.6 Å². The first kappa shape index (κ1) is 14.8. The van der Waals surface area contributed by atoms with Gasteiger partial charge >= 0.3 is 0 Å². The number of aromatic amines is 1. The summed E-state index contributed by atoms with van der Waals surface area (Å²) in [4.78, 5) is 12.2. The molecule has 1 unspecified atom stereocenters. The number of carbonyl (C=O) groups is 1. The molecule has 0 spiro atoms. The zero-order valence-corrected chi connectivity index (χ0v) is 13.1. The molecule has 1 atom stereocenters. The lowest BCUT2D eigenvalue weighted by atomic mass is 10.1. The highest BCUT2D eigenvalue weighted by Gasteiger charge is 2.19. The first-order chi connectivity index (χ1) is 10.6. The Morgan fingerprint density at radius 1 is 1.55 bits per heavy atom. The number of hydrogen-bond acceptors (Lipinski definition) is 4. The standard InChI is InChI=1S/C15H21N5O2/c1-9-14(10(2)20(3)19-9)12-7-13(18-17-12)15(21)16-8-11-5-4-6-22-11/h7,11H,4-6,8H2,1-3H3,(H,16,21)(H,17,18). The summed E-state index contributed by atoms with van der Waals surface area (Å²) in [5.41, 5.74) is 4.09. The molecule has 1 fully saturated rings. The highest BCUT2D eigenvalue weighted by Crippen LogP contribution is 2.25. The van der Waals surface area contributed by atoms with Gasteiger partial charge in [-0.25, -0.2) is 0 Å². The lowest BCUT2D eigenvalue weighted by Crippen LogP contribution is -2.31. The van der Waals surface area contributed by atoms with Gasteiger partial charge in [-0.05, 0) is 32.8 Å². The van der Waals surface area contributed by atoms with Crippen molar-refractivity contribution >= 4 is 5.91 Å². The summed E-state index contributed by atoms with van der Waals surface area (Å²) in [5, 5.41) is 14.3. The number of nitrogens with zero attached hydrogens (tertiary/aromatic N) is 3. The number of hydrogen-bond donors (Lipinski definition) is 2. The predicted octanol–water partition coefficient (Wildman–Crippen LogP) is 1.34. The molecular weight excluding hydrogens is 282 g/mol. The van der Waals surface area contributed by atoms with Crippen molar-refractivity contribution in [3.05, 3.63) is 23.1 Å². The second-order valence-corrected chi connectivity index (χ2v) is 5.68. The van der Waals surface area contributed by atoms with Crippen molar-refractivity contribution in [2.75, 3.05) is 13.2 Å². The molecule has 2 aromatic heterocycles. The molecule has 22 heavy (non-hydrogen) atoms. The minimum atomic E-state index is -0.159. The number of ether oxygens (including phenoxy) is 1. The van der Waals surface area contributed by atoms with E-state index in [4.69, 9.17) is 4.74 Å². The molecule has 0 radical (unpaired) electrons. The SMILES string of the molecule is Cc1nn(C)c(C)c1-c1cc(C(=O)NCC2CCCO2)[nH]n1. The molecule has 7 nitrogen and oxygen atoms in total. The van der Waals surface area contributed by atoms with Crippen LogP contribution in [-0.2, 0) is 11.8 Å². The Morgan fingerprint density at radius 3 is 3.00 bits per heavy atom. The fourth-order valence-corrected chi connectivity index (χ4v) is 2.82. The molecule has 7 heteroatoms. The van der Waals surface area contributed by atoms with Crippen LogP contribution in [0.2, 0.25) is 0 Å². The van der Waals surface area contributed by atoms with E-state index in [9.17, 15) is 4.79 Å². The van der Waals surface area contributed by atoms with Gasteiger partial charge in [-0.3, -0.25) is 14.6 Å². The lowest BCUT2D eigenvalue weighted by Gasteiger charge is -2.09. The molecule has 1 aliphatic rings. The van der Waals surface area contributed by atoms with Gasteiger partial charge in [0, 0.05) is 31.5 Å². The van der Waals surface area contributed by atoms with Crippen molar-refractivity contribution in [1.29, 1.82) is 0 Å². The molecule has 1 aliphatic heterocycles.